The first kappa shape index (κ1) is 14.3. The van der Waals surface area contributed by atoms with Gasteiger partial charge < -0.3 is 25.8 Å². The van der Waals surface area contributed by atoms with E-state index in [1.165, 1.54) is 10.9 Å². The van der Waals surface area contributed by atoms with Crippen LogP contribution in [-0.4, -0.2) is 58.7 Å². The number of fused-ring (bicyclic) bond motifs is 1. The van der Waals surface area contributed by atoms with E-state index in [9.17, 15) is 15.0 Å². The number of aliphatic hydroxyl groups is 3. The number of aromatic nitrogens is 4. The fourth-order valence-electron chi connectivity index (χ4n) is 2.27. The fourth-order valence-corrected chi connectivity index (χ4v) is 2.41. The first-order valence-corrected chi connectivity index (χ1v) is 6.42. The standard InChI is InChI=1S/C10H13N5O5S/c11-10-13-7-4(8(19)15(10)21)12-2-14(7)9-6(18)5(17)3(1-16)20-9/h2-3,5-6,9,16-18,21H,1H2,(H2,11,13)/t3-,5-,6-,9-/m1/s1. The smallest absolute Gasteiger partial charge is 0.293 e. The van der Waals surface area contributed by atoms with Crippen LogP contribution in [0.3, 0.4) is 0 Å². The van der Waals surface area contributed by atoms with Crippen LogP contribution in [0, 0.1) is 0 Å². The number of aliphatic hydroxyl groups excluding tert-OH is 3. The number of imidazole rings is 1. The highest BCUT2D eigenvalue weighted by atomic mass is 32.1. The molecule has 0 amide bonds. The summed E-state index contributed by atoms with van der Waals surface area (Å²) in [4.78, 5) is 19.8. The first-order valence-electron chi connectivity index (χ1n) is 6.02. The van der Waals surface area contributed by atoms with E-state index < -0.39 is 36.7 Å². The Balaban J connectivity index is 2.12. The molecule has 21 heavy (non-hydrogen) atoms. The normalized spacial score (nSPS) is 29.3. The molecule has 0 aromatic carbocycles. The van der Waals surface area contributed by atoms with Crippen molar-refractivity contribution < 1.29 is 20.1 Å². The van der Waals surface area contributed by atoms with Crippen LogP contribution in [0.25, 0.3) is 11.2 Å². The molecule has 1 aliphatic heterocycles. The Hall–Kier alpha value is -1.66. The largest absolute Gasteiger partial charge is 0.394 e. The number of hydrogen-bond acceptors (Lipinski definition) is 9. The minimum Gasteiger partial charge on any atom is -0.394 e. The summed E-state index contributed by atoms with van der Waals surface area (Å²) in [6, 6.07) is 0. The summed E-state index contributed by atoms with van der Waals surface area (Å²) in [5, 5.41) is 28.8. The number of ether oxygens (including phenoxy) is 1. The molecule has 5 N–H and O–H groups in total. The molecule has 0 spiro atoms. The van der Waals surface area contributed by atoms with Crippen molar-refractivity contribution in [3.63, 3.8) is 0 Å². The maximum atomic E-state index is 11.9. The van der Waals surface area contributed by atoms with Gasteiger partial charge in [0.05, 0.1) is 12.9 Å². The molecule has 114 valence electrons. The van der Waals surface area contributed by atoms with Crippen molar-refractivity contribution in [3.8, 4) is 0 Å². The highest BCUT2D eigenvalue weighted by molar-refractivity contribution is 7.78. The van der Waals surface area contributed by atoms with Crippen molar-refractivity contribution in [2.24, 2.45) is 0 Å². The topological polar surface area (TPSA) is 149 Å². The molecule has 1 aliphatic rings. The number of nitrogens with two attached hydrogens (primary N) is 1. The highest BCUT2D eigenvalue weighted by Gasteiger charge is 2.44. The Kier molecular flexibility index (Phi) is 3.37. The lowest BCUT2D eigenvalue weighted by Crippen LogP contribution is -2.33. The molecule has 0 bridgehead atoms. The Labute approximate surface area is 123 Å². The highest BCUT2D eigenvalue weighted by Crippen LogP contribution is 2.30. The Morgan fingerprint density at radius 2 is 2.14 bits per heavy atom. The number of nitrogens with zero attached hydrogens (tertiary/aromatic N) is 4. The molecule has 2 aromatic heterocycles. The van der Waals surface area contributed by atoms with Crippen molar-refractivity contribution >= 4 is 29.9 Å². The molecule has 2 aromatic rings. The second-order valence-electron chi connectivity index (χ2n) is 4.64. The van der Waals surface area contributed by atoms with Gasteiger partial charge in [-0.2, -0.15) is 4.98 Å². The summed E-state index contributed by atoms with van der Waals surface area (Å²) < 4.78 is 7.49. The summed E-state index contributed by atoms with van der Waals surface area (Å²) in [5.41, 5.74) is 5.10. The van der Waals surface area contributed by atoms with Crippen LogP contribution >= 0.6 is 12.8 Å². The van der Waals surface area contributed by atoms with Gasteiger partial charge in [0.2, 0.25) is 5.95 Å². The Morgan fingerprint density at radius 3 is 2.76 bits per heavy atom. The molecule has 1 fully saturated rings. The van der Waals surface area contributed by atoms with E-state index >= 15 is 0 Å². The molecule has 3 heterocycles. The Morgan fingerprint density at radius 1 is 1.43 bits per heavy atom. The third-order valence-electron chi connectivity index (χ3n) is 3.39. The number of nitrogen functional groups attached to an aromatic ring is 1. The van der Waals surface area contributed by atoms with E-state index in [2.05, 4.69) is 22.8 Å². The van der Waals surface area contributed by atoms with Crippen molar-refractivity contribution in [2.75, 3.05) is 12.3 Å². The lowest BCUT2D eigenvalue weighted by atomic mass is 10.1. The van der Waals surface area contributed by atoms with Gasteiger partial charge in [-0.1, -0.05) is 12.8 Å². The van der Waals surface area contributed by atoms with Gasteiger partial charge in [0.15, 0.2) is 17.4 Å². The molecule has 4 atom stereocenters. The van der Waals surface area contributed by atoms with Crippen LogP contribution in [0.4, 0.5) is 5.95 Å². The van der Waals surface area contributed by atoms with Crippen LogP contribution < -0.4 is 11.3 Å². The second kappa shape index (κ2) is 4.96. The summed E-state index contributed by atoms with van der Waals surface area (Å²) in [7, 11) is 0. The van der Waals surface area contributed by atoms with E-state index in [4.69, 9.17) is 15.6 Å². The molecule has 1 saturated heterocycles. The number of rotatable bonds is 2. The van der Waals surface area contributed by atoms with Gasteiger partial charge >= 0.3 is 0 Å². The van der Waals surface area contributed by atoms with Gasteiger partial charge in [0.1, 0.15) is 18.3 Å². The molecule has 10 nitrogen and oxygen atoms in total. The summed E-state index contributed by atoms with van der Waals surface area (Å²) in [6.45, 7) is -0.458. The van der Waals surface area contributed by atoms with E-state index in [-0.39, 0.29) is 17.1 Å². The SMILES string of the molecule is Nc1nc2c(ncn2[C@@H]2O[C@H](CO)[C@@H](O)[C@H]2O)c(=O)n1S. The van der Waals surface area contributed by atoms with Crippen molar-refractivity contribution in [2.45, 2.75) is 24.5 Å². The maximum Gasteiger partial charge on any atom is 0.293 e. The van der Waals surface area contributed by atoms with Gasteiger partial charge in [-0.25, -0.2) is 8.96 Å². The molecular formula is C10H13N5O5S. The van der Waals surface area contributed by atoms with Crippen molar-refractivity contribution in [1.29, 1.82) is 0 Å². The Bertz CT molecular complexity index is 745. The van der Waals surface area contributed by atoms with E-state index in [1.54, 1.807) is 0 Å². The molecule has 0 unspecified atom stereocenters. The zero-order valence-corrected chi connectivity index (χ0v) is 11.5. The second-order valence-corrected chi connectivity index (χ2v) is 5.04. The molecule has 11 heteroatoms. The third kappa shape index (κ3) is 2.01. The van der Waals surface area contributed by atoms with Crippen molar-refractivity contribution in [1.82, 2.24) is 18.5 Å². The summed E-state index contributed by atoms with van der Waals surface area (Å²) in [5.74, 6) is -0.149. The minimum absolute atomic E-state index is 0.00283. The molecular weight excluding hydrogens is 302 g/mol. The first-order chi connectivity index (χ1) is 9.95. The van der Waals surface area contributed by atoms with E-state index in [0.717, 1.165) is 3.97 Å². The average molecular weight is 315 g/mol. The van der Waals surface area contributed by atoms with E-state index in [0.29, 0.717) is 0 Å². The lowest BCUT2D eigenvalue weighted by molar-refractivity contribution is -0.0511. The summed E-state index contributed by atoms with van der Waals surface area (Å²) in [6.07, 6.45) is -3.30. The third-order valence-corrected chi connectivity index (χ3v) is 3.78. The zero-order valence-electron chi connectivity index (χ0n) is 10.6. The minimum atomic E-state index is -1.30. The van der Waals surface area contributed by atoms with E-state index in [1.807, 2.05) is 0 Å². The van der Waals surface area contributed by atoms with Crippen LogP contribution in [0.2, 0.25) is 0 Å². The van der Waals surface area contributed by atoms with Gasteiger partial charge in [-0.05, 0) is 0 Å². The van der Waals surface area contributed by atoms with Crippen LogP contribution in [0.15, 0.2) is 11.1 Å². The number of hydrogen-bond donors (Lipinski definition) is 5. The van der Waals surface area contributed by atoms with Crippen LogP contribution in [-0.2, 0) is 4.74 Å². The quantitative estimate of drug-likeness (QED) is 0.381. The predicted octanol–water partition coefficient (Wildman–Crippen LogP) is -2.52. The van der Waals surface area contributed by atoms with Gasteiger partial charge in [0, 0.05) is 0 Å². The lowest BCUT2D eigenvalue weighted by Gasteiger charge is -2.16. The van der Waals surface area contributed by atoms with Crippen LogP contribution in [0.5, 0.6) is 0 Å². The van der Waals surface area contributed by atoms with Gasteiger partial charge in [0.25, 0.3) is 5.56 Å². The monoisotopic (exact) mass is 315 g/mol. The molecule has 3 rings (SSSR count). The molecule has 0 aliphatic carbocycles. The van der Waals surface area contributed by atoms with Crippen LogP contribution in [0.1, 0.15) is 6.23 Å². The zero-order chi connectivity index (χ0) is 15.3. The summed E-state index contributed by atoms with van der Waals surface area (Å²) >= 11 is 3.88. The van der Waals surface area contributed by atoms with Gasteiger partial charge in [-0.15, -0.1) is 0 Å². The fraction of sp³-hybridized carbons (Fsp3) is 0.500. The maximum absolute atomic E-state index is 11.9. The van der Waals surface area contributed by atoms with Crippen molar-refractivity contribution in [3.05, 3.63) is 16.7 Å². The van der Waals surface area contributed by atoms with Gasteiger partial charge in [-0.3, -0.25) is 9.36 Å². The molecule has 0 saturated carbocycles. The number of anilines is 1. The molecule has 0 radical (unpaired) electrons. The number of thiol groups is 1. The average Bonchev–Trinajstić information content (AvgIpc) is 2.99. The predicted molar refractivity (Wildman–Crippen MR) is 73.6 cm³/mol.